The highest BCUT2D eigenvalue weighted by Gasteiger charge is 2.06. The van der Waals surface area contributed by atoms with Crippen LogP contribution in [0.2, 0.25) is 0 Å². The van der Waals surface area contributed by atoms with Crippen LogP contribution in [0.5, 0.6) is 0 Å². The van der Waals surface area contributed by atoms with E-state index in [1.54, 1.807) is 12.1 Å². The van der Waals surface area contributed by atoms with E-state index in [0.717, 1.165) is 4.88 Å². The summed E-state index contributed by atoms with van der Waals surface area (Å²) in [5.74, 6) is -0.747. The number of carboxylic acid groups (broad SMARTS) is 1. The third-order valence-electron chi connectivity index (χ3n) is 2.04. The monoisotopic (exact) mass is 277 g/mol. The summed E-state index contributed by atoms with van der Waals surface area (Å²) in [7, 11) is -2.89. The van der Waals surface area contributed by atoms with Crippen molar-refractivity contribution in [1.82, 2.24) is 5.32 Å². The van der Waals surface area contributed by atoms with Crippen LogP contribution in [0.25, 0.3) is 0 Å². The van der Waals surface area contributed by atoms with Gasteiger partial charge in [0.25, 0.3) is 0 Å². The molecule has 1 heterocycles. The molecule has 1 aromatic heterocycles. The third kappa shape index (κ3) is 5.81. The van der Waals surface area contributed by atoms with Gasteiger partial charge in [-0.05, 0) is 25.1 Å². The minimum absolute atomic E-state index is 0.171. The van der Waals surface area contributed by atoms with E-state index in [0.29, 0.717) is 24.4 Å². The lowest BCUT2D eigenvalue weighted by Crippen LogP contribution is -2.17. The smallest absolute Gasteiger partial charge is 0.345 e. The highest BCUT2D eigenvalue weighted by atomic mass is 32.2. The normalized spacial score (nSPS) is 11.6. The average Bonchev–Trinajstić information content (AvgIpc) is 2.64. The topological polar surface area (TPSA) is 83.5 Å². The summed E-state index contributed by atoms with van der Waals surface area (Å²) >= 11 is 1.22. The number of aromatic carboxylic acids is 1. The van der Waals surface area contributed by atoms with Gasteiger partial charge in [0, 0.05) is 17.7 Å². The zero-order valence-corrected chi connectivity index (χ0v) is 11.1. The number of hydrogen-bond acceptors (Lipinski definition) is 5. The Hall–Kier alpha value is -0.920. The highest BCUT2D eigenvalue weighted by Crippen LogP contribution is 2.15. The van der Waals surface area contributed by atoms with Gasteiger partial charge in [0.2, 0.25) is 0 Å². The number of carbonyl (C=O) groups is 1. The van der Waals surface area contributed by atoms with E-state index in [1.807, 2.05) is 0 Å². The Morgan fingerprint density at radius 3 is 2.71 bits per heavy atom. The molecule has 0 aliphatic rings. The number of hydrogen-bond donors (Lipinski definition) is 2. The first-order valence-electron chi connectivity index (χ1n) is 5.09. The Labute approximate surface area is 104 Å². The van der Waals surface area contributed by atoms with Gasteiger partial charge in [-0.3, -0.25) is 0 Å². The van der Waals surface area contributed by atoms with Gasteiger partial charge in [-0.25, -0.2) is 13.2 Å². The Kier molecular flexibility index (Phi) is 5.10. The van der Waals surface area contributed by atoms with Crippen LogP contribution in [0.4, 0.5) is 0 Å². The van der Waals surface area contributed by atoms with Crippen LogP contribution >= 0.6 is 11.3 Å². The molecule has 0 radical (unpaired) electrons. The molecule has 17 heavy (non-hydrogen) atoms. The number of sulfone groups is 1. The van der Waals surface area contributed by atoms with Crippen molar-refractivity contribution in [2.45, 2.75) is 13.0 Å². The van der Waals surface area contributed by atoms with Gasteiger partial charge in [-0.1, -0.05) is 0 Å². The molecule has 0 fully saturated rings. The third-order valence-corrected chi connectivity index (χ3v) is 4.14. The summed E-state index contributed by atoms with van der Waals surface area (Å²) < 4.78 is 21.7. The standard InChI is InChI=1S/C10H15NO4S2/c1-17(14,15)6-2-5-11-7-8-3-4-9(16-8)10(12)13/h3-4,11H,2,5-7H2,1H3,(H,12,13). The summed E-state index contributed by atoms with van der Waals surface area (Å²) in [6.45, 7) is 1.18. The highest BCUT2D eigenvalue weighted by molar-refractivity contribution is 7.90. The van der Waals surface area contributed by atoms with E-state index in [9.17, 15) is 13.2 Å². The summed E-state index contributed by atoms with van der Waals surface area (Å²) in [6, 6.07) is 3.33. The molecule has 0 saturated carbocycles. The number of thiophene rings is 1. The summed E-state index contributed by atoms with van der Waals surface area (Å²) in [4.78, 5) is 11.9. The molecule has 2 N–H and O–H groups in total. The molecule has 0 atom stereocenters. The van der Waals surface area contributed by atoms with Crippen LogP contribution in [0.3, 0.4) is 0 Å². The number of nitrogens with one attached hydrogen (secondary N) is 1. The Morgan fingerprint density at radius 1 is 1.47 bits per heavy atom. The summed E-state index contributed by atoms with van der Waals surface area (Å²) in [5.41, 5.74) is 0. The largest absolute Gasteiger partial charge is 0.477 e. The summed E-state index contributed by atoms with van der Waals surface area (Å²) in [5, 5.41) is 11.8. The fraction of sp³-hybridized carbons (Fsp3) is 0.500. The predicted octanol–water partition coefficient (Wildman–Crippen LogP) is 0.971. The predicted molar refractivity (Wildman–Crippen MR) is 67.3 cm³/mol. The fourth-order valence-corrected chi connectivity index (χ4v) is 2.74. The molecule has 0 saturated heterocycles. The molecule has 0 unspecified atom stereocenters. The molecule has 1 aromatic rings. The van der Waals surface area contributed by atoms with Crippen molar-refractivity contribution in [3.63, 3.8) is 0 Å². The zero-order chi connectivity index (χ0) is 12.9. The van der Waals surface area contributed by atoms with Gasteiger partial charge in [-0.2, -0.15) is 0 Å². The molecule has 0 aromatic carbocycles. The van der Waals surface area contributed by atoms with Gasteiger partial charge >= 0.3 is 5.97 Å². The summed E-state index contributed by atoms with van der Waals surface area (Å²) in [6.07, 6.45) is 1.78. The van der Waals surface area contributed by atoms with Crippen molar-refractivity contribution in [1.29, 1.82) is 0 Å². The molecular formula is C10H15NO4S2. The number of carboxylic acids is 1. The van der Waals surface area contributed by atoms with E-state index in [4.69, 9.17) is 5.11 Å². The molecule has 0 aliphatic carbocycles. The van der Waals surface area contributed by atoms with Crippen LogP contribution in [-0.4, -0.2) is 38.0 Å². The maximum absolute atomic E-state index is 10.9. The molecule has 0 amide bonds. The molecule has 0 aliphatic heterocycles. The van der Waals surface area contributed by atoms with Gasteiger partial charge < -0.3 is 10.4 Å². The fourth-order valence-electron chi connectivity index (χ4n) is 1.26. The second-order valence-corrected chi connectivity index (χ2v) is 7.16. The van der Waals surface area contributed by atoms with E-state index in [1.165, 1.54) is 17.6 Å². The molecule has 96 valence electrons. The van der Waals surface area contributed by atoms with Crippen LogP contribution in [-0.2, 0) is 16.4 Å². The minimum atomic E-state index is -2.89. The molecule has 1 rings (SSSR count). The van der Waals surface area contributed by atoms with Crippen LogP contribution in [0.15, 0.2) is 12.1 Å². The van der Waals surface area contributed by atoms with Crippen LogP contribution in [0, 0.1) is 0 Å². The lowest BCUT2D eigenvalue weighted by molar-refractivity contribution is 0.0702. The van der Waals surface area contributed by atoms with Gasteiger partial charge in [0.05, 0.1) is 5.75 Å². The first-order chi connectivity index (χ1) is 7.88. The lowest BCUT2D eigenvalue weighted by Gasteiger charge is -2.01. The second kappa shape index (κ2) is 6.13. The van der Waals surface area contributed by atoms with Crippen molar-refractivity contribution < 1.29 is 18.3 Å². The number of rotatable bonds is 7. The SMILES string of the molecule is CS(=O)(=O)CCCNCc1ccc(C(=O)O)s1. The Morgan fingerprint density at radius 2 is 2.18 bits per heavy atom. The maximum Gasteiger partial charge on any atom is 0.345 e. The van der Waals surface area contributed by atoms with Crippen molar-refractivity contribution in [2.75, 3.05) is 18.6 Å². The van der Waals surface area contributed by atoms with Crippen molar-refractivity contribution in [3.05, 3.63) is 21.9 Å². The molecule has 7 heteroatoms. The van der Waals surface area contributed by atoms with Gasteiger partial charge in [-0.15, -0.1) is 11.3 Å². The van der Waals surface area contributed by atoms with Gasteiger partial charge in [0.1, 0.15) is 14.7 Å². The maximum atomic E-state index is 10.9. The molecule has 0 bridgehead atoms. The van der Waals surface area contributed by atoms with E-state index < -0.39 is 15.8 Å². The second-order valence-electron chi connectivity index (χ2n) is 3.73. The lowest BCUT2D eigenvalue weighted by atomic mass is 10.4. The van der Waals surface area contributed by atoms with Crippen LogP contribution in [0.1, 0.15) is 21.0 Å². The van der Waals surface area contributed by atoms with E-state index in [2.05, 4.69) is 5.32 Å². The first kappa shape index (κ1) is 14.1. The van der Waals surface area contributed by atoms with Crippen molar-refractivity contribution in [3.8, 4) is 0 Å². The molecule has 5 nitrogen and oxygen atoms in total. The average molecular weight is 277 g/mol. The zero-order valence-electron chi connectivity index (χ0n) is 9.47. The van der Waals surface area contributed by atoms with Crippen LogP contribution < -0.4 is 5.32 Å². The van der Waals surface area contributed by atoms with E-state index in [-0.39, 0.29) is 5.75 Å². The Bertz CT molecular complexity index is 478. The Balaban J connectivity index is 2.24. The first-order valence-corrected chi connectivity index (χ1v) is 7.96. The molecule has 0 spiro atoms. The van der Waals surface area contributed by atoms with Gasteiger partial charge in [0.15, 0.2) is 0 Å². The van der Waals surface area contributed by atoms with Crippen molar-refractivity contribution >= 4 is 27.1 Å². The molecular weight excluding hydrogens is 262 g/mol. The van der Waals surface area contributed by atoms with E-state index >= 15 is 0 Å². The minimum Gasteiger partial charge on any atom is -0.477 e. The quantitative estimate of drug-likeness (QED) is 0.726. The van der Waals surface area contributed by atoms with Crippen molar-refractivity contribution in [2.24, 2.45) is 0 Å².